The van der Waals surface area contributed by atoms with Gasteiger partial charge in [0.2, 0.25) is 5.91 Å². The van der Waals surface area contributed by atoms with Gasteiger partial charge in [-0.15, -0.1) is 0 Å². The van der Waals surface area contributed by atoms with E-state index >= 15 is 0 Å². The van der Waals surface area contributed by atoms with E-state index in [0.29, 0.717) is 23.9 Å². The Morgan fingerprint density at radius 1 is 0.530 bits per heavy atom. The zero-order valence-corrected chi connectivity index (χ0v) is 44.6. The normalized spacial score (nSPS) is 14.6. The molecule has 0 saturated heterocycles. The SMILES string of the molecule is CC/C=C\C/C=C\C/C=C\C/C=C\C/C=C\C/C=C\CCCCCCCCC(=O)NC(COP(=O)(O)OCC[N+](C)(C)C)C(O)CCCCCCCCCCCCCCCCCCCCC. The third-order valence-corrected chi connectivity index (χ3v) is 13.0. The summed E-state index contributed by atoms with van der Waals surface area (Å²) in [5.74, 6) is -0.160. The molecule has 1 amide bonds. The maximum Gasteiger partial charge on any atom is 0.472 e. The summed E-state index contributed by atoms with van der Waals surface area (Å²) < 4.78 is 23.7. The van der Waals surface area contributed by atoms with Gasteiger partial charge in [-0.25, -0.2) is 4.57 Å². The Morgan fingerprint density at radius 2 is 0.909 bits per heavy atom. The zero-order valence-electron chi connectivity index (χ0n) is 43.7. The molecular weight excluding hydrogens is 840 g/mol. The minimum absolute atomic E-state index is 0.0682. The minimum Gasteiger partial charge on any atom is -0.391 e. The van der Waals surface area contributed by atoms with E-state index in [9.17, 15) is 19.4 Å². The van der Waals surface area contributed by atoms with Gasteiger partial charge in [0.1, 0.15) is 13.2 Å². The maximum absolute atomic E-state index is 13.0. The molecule has 0 spiro atoms. The number of quaternary nitrogens is 1. The second kappa shape index (κ2) is 48.0. The summed E-state index contributed by atoms with van der Waals surface area (Å²) in [6, 6.07) is -0.774. The van der Waals surface area contributed by atoms with Gasteiger partial charge in [-0.2, -0.15) is 0 Å². The van der Waals surface area contributed by atoms with Crippen LogP contribution in [0.25, 0.3) is 0 Å². The molecule has 0 aromatic rings. The van der Waals surface area contributed by atoms with Crippen LogP contribution in [0.4, 0.5) is 0 Å². The van der Waals surface area contributed by atoms with Crippen LogP contribution in [0.1, 0.15) is 232 Å². The highest BCUT2D eigenvalue weighted by Crippen LogP contribution is 2.43. The lowest BCUT2D eigenvalue weighted by Gasteiger charge is -2.26. The summed E-state index contributed by atoms with van der Waals surface area (Å²) in [6.07, 6.45) is 65.1. The quantitative estimate of drug-likeness (QED) is 0.0243. The standard InChI is InChI=1S/C57H105N2O6P/c1-6-8-10-12-14-16-18-20-22-24-26-27-28-29-30-31-33-35-37-39-41-43-45-47-49-51-57(61)58-55(54-65-66(62,63)64-53-52-59(3,4)5)56(60)50-48-46-44-42-40-38-36-34-32-25-23-21-19-17-15-13-11-9-7-2/h8,10,14,16,20,22,26-27,29-30,33,35,55-56,60H,6-7,9,11-13,15,17-19,21,23-25,28,31-32,34,36-54H2,1-5H3,(H-,58,61,62,63)/p+1/b10-8-,16-14-,22-20-,27-26-,30-29-,35-33-. The molecule has 384 valence electrons. The smallest absolute Gasteiger partial charge is 0.391 e. The molecule has 66 heavy (non-hydrogen) atoms. The van der Waals surface area contributed by atoms with Crippen LogP contribution < -0.4 is 5.32 Å². The first-order valence-electron chi connectivity index (χ1n) is 27.3. The van der Waals surface area contributed by atoms with Crippen LogP contribution in [0.5, 0.6) is 0 Å². The van der Waals surface area contributed by atoms with Crippen LogP contribution in [0.3, 0.4) is 0 Å². The third-order valence-electron chi connectivity index (χ3n) is 12.0. The van der Waals surface area contributed by atoms with Crippen molar-refractivity contribution < 1.29 is 32.9 Å². The van der Waals surface area contributed by atoms with Crippen LogP contribution in [0, 0.1) is 0 Å². The van der Waals surface area contributed by atoms with Gasteiger partial charge in [0.15, 0.2) is 0 Å². The average Bonchev–Trinajstić information content (AvgIpc) is 3.28. The molecule has 0 rings (SSSR count). The molecule has 0 aromatic heterocycles. The van der Waals surface area contributed by atoms with Crippen LogP contribution in [0.15, 0.2) is 72.9 Å². The number of hydrogen-bond donors (Lipinski definition) is 3. The van der Waals surface area contributed by atoms with Gasteiger partial charge in [0, 0.05) is 6.42 Å². The van der Waals surface area contributed by atoms with Crippen LogP contribution in [-0.4, -0.2) is 73.4 Å². The molecule has 0 aliphatic rings. The summed E-state index contributed by atoms with van der Waals surface area (Å²) in [4.78, 5) is 23.3. The summed E-state index contributed by atoms with van der Waals surface area (Å²) in [5, 5.41) is 14.0. The summed E-state index contributed by atoms with van der Waals surface area (Å²) in [6.45, 7) is 4.77. The number of nitrogens with zero attached hydrogens (tertiary/aromatic N) is 1. The molecule has 0 radical (unpaired) electrons. The largest absolute Gasteiger partial charge is 0.472 e. The fourth-order valence-corrected chi connectivity index (χ4v) is 8.43. The van der Waals surface area contributed by atoms with E-state index in [-0.39, 0.29) is 19.1 Å². The molecule has 0 aliphatic carbocycles. The van der Waals surface area contributed by atoms with Crippen molar-refractivity contribution in [1.29, 1.82) is 0 Å². The Hall–Kier alpha value is -2.06. The monoisotopic (exact) mass is 946 g/mol. The minimum atomic E-state index is -4.33. The number of phosphoric ester groups is 1. The van der Waals surface area contributed by atoms with Crippen molar-refractivity contribution in [1.82, 2.24) is 5.32 Å². The zero-order chi connectivity index (χ0) is 48.5. The number of unbranched alkanes of at least 4 members (excludes halogenated alkanes) is 24. The molecule has 9 heteroatoms. The molecule has 0 saturated carbocycles. The van der Waals surface area contributed by atoms with Crippen molar-refractivity contribution in [3.05, 3.63) is 72.9 Å². The van der Waals surface area contributed by atoms with Crippen LogP contribution in [-0.2, 0) is 18.4 Å². The van der Waals surface area contributed by atoms with Gasteiger partial charge < -0.3 is 19.8 Å². The Morgan fingerprint density at radius 3 is 1.33 bits per heavy atom. The average molecular weight is 946 g/mol. The molecular formula is C57H106N2O6P+. The Bertz CT molecular complexity index is 1300. The highest BCUT2D eigenvalue weighted by molar-refractivity contribution is 7.47. The van der Waals surface area contributed by atoms with Crippen molar-refractivity contribution in [2.24, 2.45) is 0 Å². The van der Waals surface area contributed by atoms with E-state index in [1.807, 2.05) is 21.1 Å². The molecule has 0 heterocycles. The lowest BCUT2D eigenvalue weighted by molar-refractivity contribution is -0.870. The molecule has 0 bridgehead atoms. The van der Waals surface area contributed by atoms with Gasteiger partial charge in [0.05, 0.1) is 39.9 Å². The van der Waals surface area contributed by atoms with Gasteiger partial charge in [-0.1, -0.05) is 234 Å². The number of aliphatic hydroxyl groups is 1. The van der Waals surface area contributed by atoms with Gasteiger partial charge >= 0.3 is 7.82 Å². The summed E-state index contributed by atoms with van der Waals surface area (Å²) in [7, 11) is 1.60. The molecule has 0 aliphatic heterocycles. The lowest BCUT2D eigenvalue weighted by Crippen LogP contribution is -2.46. The van der Waals surface area contributed by atoms with Crippen molar-refractivity contribution in [2.45, 2.75) is 244 Å². The summed E-state index contributed by atoms with van der Waals surface area (Å²) in [5.41, 5.74) is 0. The topological polar surface area (TPSA) is 105 Å². The Kier molecular flexibility index (Phi) is 46.5. The first kappa shape index (κ1) is 63.9. The van der Waals surface area contributed by atoms with Crippen LogP contribution >= 0.6 is 7.82 Å². The van der Waals surface area contributed by atoms with Gasteiger partial charge in [0.25, 0.3) is 0 Å². The number of phosphoric acid groups is 1. The number of carbonyl (C=O) groups excluding carboxylic acids is 1. The van der Waals surface area contributed by atoms with Gasteiger partial charge in [-0.3, -0.25) is 13.8 Å². The predicted molar refractivity (Wildman–Crippen MR) is 286 cm³/mol. The number of allylic oxidation sites excluding steroid dienone is 12. The molecule has 3 N–H and O–H groups in total. The van der Waals surface area contributed by atoms with E-state index in [1.165, 1.54) is 116 Å². The molecule has 0 fully saturated rings. The number of likely N-dealkylation sites (N-methyl/N-ethyl adjacent to an activating group) is 1. The second-order valence-electron chi connectivity index (χ2n) is 19.6. The number of rotatable bonds is 49. The Balaban J connectivity index is 4.28. The number of carbonyl (C=O) groups is 1. The van der Waals surface area contributed by atoms with E-state index in [4.69, 9.17) is 9.05 Å². The number of aliphatic hydroxyl groups excluding tert-OH is 1. The second-order valence-corrected chi connectivity index (χ2v) is 21.0. The van der Waals surface area contributed by atoms with Crippen molar-refractivity contribution >= 4 is 13.7 Å². The van der Waals surface area contributed by atoms with E-state index in [2.05, 4.69) is 92.1 Å². The first-order chi connectivity index (χ1) is 32.0. The van der Waals surface area contributed by atoms with Crippen molar-refractivity contribution in [2.75, 3.05) is 40.9 Å². The van der Waals surface area contributed by atoms with Crippen molar-refractivity contribution in [3.63, 3.8) is 0 Å². The van der Waals surface area contributed by atoms with Crippen molar-refractivity contribution in [3.8, 4) is 0 Å². The Labute approximate surface area is 408 Å². The summed E-state index contributed by atoms with van der Waals surface area (Å²) >= 11 is 0. The first-order valence-corrected chi connectivity index (χ1v) is 28.8. The third kappa shape index (κ3) is 49.8. The molecule has 3 atom stereocenters. The fourth-order valence-electron chi connectivity index (χ4n) is 7.70. The lowest BCUT2D eigenvalue weighted by atomic mass is 10.0. The highest BCUT2D eigenvalue weighted by Gasteiger charge is 2.28. The van der Waals surface area contributed by atoms with Crippen LogP contribution in [0.2, 0.25) is 0 Å². The number of nitrogens with one attached hydrogen (secondary N) is 1. The molecule has 3 unspecified atom stereocenters. The number of amides is 1. The molecule has 8 nitrogen and oxygen atoms in total. The van der Waals surface area contributed by atoms with Gasteiger partial charge in [-0.05, 0) is 64.2 Å². The fraction of sp³-hybridized carbons (Fsp3) is 0.772. The predicted octanol–water partition coefficient (Wildman–Crippen LogP) is 16.3. The van der Waals surface area contributed by atoms with E-state index < -0.39 is 20.0 Å². The van der Waals surface area contributed by atoms with E-state index in [1.54, 1.807) is 0 Å². The maximum atomic E-state index is 13.0. The van der Waals surface area contributed by atoms with E-state index in [0.717, 1.165) is 89.9 Å². The highest BCUT2D eigenvalue weighted by atomic mass is 31.2. The number of hydrogen-bond acceptors (Lipinski definition) is 5. The molecule has 0 aromatic carbocycles.